The molecule has 0 aliphatic heterocycles. The summed E-state index contributed by atoms with van der Waals surface area (Å²) in [6.07, 6.45) is 3.97. The second kappa shape index (κ2) is 6.56. The van der Waals surface area contributed by atoms with Gasteiger partial charge in [0.1, 0.15) is 5.01 Å². The van der Waals surface area contributed by atoms with Crippen LogP contribution in [0.1, 0.15) is 27.2 Å². The Morgan fingerprint density at radius 2 is 2.00 bits per heavy atom. The highest BCUT2D eigenvalue weighted by Gasteiger charge is 2.19. The van der Waals surface area contributed by atoms with Crippen molar-refractivity contribution >= 4 is 22.4 Å². The fourth-order valence-electron chi connectivity index (χ4n) is 1.81. The van der Waals surface area contributed by atoms with E-state index in [9.17, 15) is 4.79 Å². The lowest BCUT2D eigenvalue weighted by atomic mass is 10.1. The summed E-state index contributed by atoms with van der Waals surface area (Å²) in [7, 11) is 0. The van der Waals surface area contributed by atoms with Gasteiger partial charge in [0.15, 0.2) is 0 Å². The molecule has 0 aliphatic carbocycles. The maximum Gasteiger partial charge on any atom is 0.229 e. The second-order valence-corrected chi connectivity index (χ2v) is 5.82. The van der Waals surface area contributed by atoms with Crippen molar-refractivity contribution in [3.05, 3.63) is 24.5 Å². The third-order valence-corrected chi connectivity index (χ3v) is 3.77. The molecule has 0 saturated carbocycles. The van der Waals surface area contributed by atoms with Crippen LogP contribution in [-0.2, 0) is 4.79 Å². The zero-order valence-corrected chi connectivity index (χ0v) is 12.7. The third kappa shape index (κ3) is 3.39. The number of hydrogen-bond acceptors (Lipinski definition) is 5. The van der Waals surface area contributed by atoms with Gasteiger partial charge >= 0.3 is 0 Å². The predicted octanol–water partition coefficient (Wildman–Crippen LogP) is 3.00. The summed E-state index contributed by atoms with van der Waals surface area (Å²) in [4.78, 5) is 17.9. The smallest absolute Gasteiger partial charge is 0.229 e. The predicted molar refractivity (Wildman–Crippen MR) is 80.6 cm³/mol. The second-order valence-electron chi connectivity index (χ2n) is 4.86. The summed E-state index contributed by atoms with van der Waals surface area (Å²) in [6.45, 7) is 6.63. The molecule has 0 unspecified atom stereocenters. The van der Waals surface area contributed by atoms with E-state index in [4.69, 9.17) is 0 Å². The Kier molecular flexibility index (Phi) is 4.79. The molecular weight excluding hydrogens is 272 g/mol. The van der Waals surface area contributed by atoms with Gasteiger partial charge < -0.3 is 0 Å². The maximum absolute atomic E-state index is 12.2. The Balaban J connectivity index is 2.20. The summed E-state index contributed by atoms with van der Waals surface area (Å²) >= 11 is 1.43. The molecule has 1 amide bonds. The number of hydrogen-bond donors (Lipinski definition) is 0. The van der Waals surface area contributed by atoms with Crippen LogP contribution in [0.15, 0.2) is 24.5 Å². The molecular formula is C14H18N4OS. The Morgan fingerprint density at radius 1 is 1.30 bits per heavy atom. The monoisotopic (exact) mass is 290 g/mol. The fourth-order valence-corrected chi connectivity index (χ4v) is 2.74. The van der Waals surface area contributed by atoms with E-state index in [2.05, 4.69) is 15.2 Å². The minimum atomic E-state index is 0.0972. The summed E-state index contributed by atoms with van der Waals surface area (Å²) in [5.41, 5.74) is 0.969. The summed E-state index contributed by atoms with van der Waals surface area (Å²) in [6, 6.07) is 3.77. The van der Waals surface area contributed by atoms with Crippen molar-refractivity contribution in [1.29, 1.82) is 0 Å². The lowest BCUT2D eigenvalue weighted by molar-refractivity contribution is -0.119. The number of carbonyl (C=O) groups is 1. The highest BCUT2D eigenvalue weighted by Crippen LogP contribution is 2.28. The molecule has 6 heteroatoms. The Labute approximate surface area is 122 Å². The van der Waals surface area contributed by atoms with Gasteiger partial charge in [-0.1, -0.05) is 25.2 Å². The zero-order chi connectivity index (χ0) is 14.5. The topological polar surface area (TPSA) is 59.0 Å². The van der Waals surface area contributed by atoms with Gasteiger partial charge in [0, 0.05) is 30.9 Å². The van der Waals surface area contributed by atoms with Crippen molar-refractivity contribution < 1.29 is 4.79 Å². The van der Waals surface area contributed by atoms with Crippen LogP contribution in [0.4, 0.5) is 5.13 Å². The average molecular weight is 290 g/mol. The standard InChI is InChI=1S/C14H18N4OS/c1-4-18(12(19)9-10(2)3)14-17-16-13(20-14)11-5-7-15-8-6-11/h5-8,10H,4,9H2,1-3H3. The van der Waals surface area contributed by atoms with Gasteiger partial charge in [-0.3, -0.25) is 14.7 Å². The SMILES string of the molecule is CCN(C(=O)CC(C)C)c1nnc(-c2ccncc2)s1. The van der Waals surface area contributed by atoms with Crippen LogP contribution in [-0.4, -0.2) is 27.6 Å². The molecule has 0 fully saturated rings. The number of anilines is 1. The van der Waals surface area contributed by atoms with E-state index in [0.717, 1.165) is 10.6 Å². The molecule has 0 aromatic carbocycles. The first kappa shape index (κ1) is 14.6. The highest BCUT2D eigenvalue weighted by atomic mass is 32.1. The quantitative estimate of drug-likeness (QED) is 0.849. The molecule has 0 radical (unpaired) electrons. The number of pyridine rings is 1. The lowest BCUT2D eigenvalue weighted by Gasteiger charge is -2.17. The average Bonchev–Trinajstić information content (AvgIpc) is 2.89. The number of nitrogens with zero attached hydrogens (tertiary/aromatic N) is 4. The minimum absolute atomic E-state index is 0.0972. The molecule has 0 aliphatic rings. The normalized spacial score (nSPS) is 10.8. The molecule has 5 nitrogen and oxygen atoms in total. The summed E-state index contributed by atoms with van der Waals surface area (Å²) < 4.78 is 0. The lowest BCUT2D eigenvalue weighted by Crippen LogP contribution is -2.31. The van der Waals surface area contributed by atoms with Crippen LogP contribution in [0.5, 0.6) is 0 Å². The van der Waals surface area contributed by atoms with Crippen molar-refractivity contribution in [1.82, 2.24) is 15.2 Å². The van der Waals surface area contributed by atoms with Gasteiger partial charge in [0.05, 0.1) is 0 Å². The van der Waals surface area contributed by atoms with Gasteiger partial charge in [-0.2, -0.15) is 0 Å². The number of carbonyl (C=O) groups excluding carboxylic acids is 1. The minimum Gasteiger partial charge on any atom is -0.287 e. The van der Waals surface area contributed by atoms with Crippen LogP contribution in [0.25, 0.3) is 10.6 Å². The first-order chi connectivity index (χ1) is 9.61. The first-order valence-corrected chi connectivity index (χ1v) is 7.47. The van der Waals surface area contributed by atoms with E-state index in [0.29, 0.717) is 24.0 Å². The van der Waals surface area contributed by atoms with E-state index >= 15 is 0 Å². The van der Waals surface area contributed by atoms with Crippen LogP contribution in [0, 0.1) is 5.92 Å². The number of amides is 1. The van der Waals surface area contributed by atoms with Gasteiger partial charge in [-0.05, 0) is 25.0 Å². The number of rotatable bonds is 5. The third-order valence-electron chi connectivity index (χ3n) is 2.77. The molecule has 0 bridgehead atoms. The van der Waals surface area contributed by atoms with Crippen LogP contribution < -0.4 is 4.90 Å². The van der Waals surface area contributed by atoms with E-state index < -0.39 is 0 Å². The first-order valence-electron chi connectivity index (χ1n) is 6.66. The largest absolute Gasteiger partial charge is 0.287 e. The molecule has 2 heterocycles. The van der Waals surface area contributed by atoms with Crippen molar-refractivity contribution in [2.24, 2.45) is 5.92 Å². The van der Waals surface area contributed by atoms with E-state index in [1.165, 1.54) is 11.3 Å². The van der Waals surface area contributed by atoms with Gasteiger partial charge in [-0.15, -0.1) is 10.2 Å². The molecule has 0 N–H and O–H groups in total. The molecule has 20 heavy (non-hydrogen) atoms. The van der Waals surface area contributed by atoms with Crippen LogP contribution in [0.3, 0.4) is 0 Å². The molecule has 0 atom stereocenters. The molecule has 106 valence electrons. The van der Waals surface area contributed by atoms with Gasteiger partial charge in [0.2, 0.25) is 11.0 Å². The van der Waals surface area contributed by atoms with E-state index in [1.807, 2.05) is 32.9 Å². The van der Waals surface area contributed by atoms with Crippen molar-refractivity contribution in [3.63, 3.8) is 0 Å². The Hall–Kier alpha value is -1.82. The number of aromatic nitrogens is 3. The van der Waals surface area contributed by atoms with Crippen molar-refractivity contribution in [3.8, 4) is 10.6 Å². The van der Waals surface area contributed by atoms with Crippen LogP contribution >= 0.6 is 11.3 Å². The molecule has 2 rings (SSSR count). The van der Waals surface area contributed by atoms with E-state index in [1.54, 1.807) is 17.3 Å². The fraction of sp³-hybridized carbons (Fsp3) is 0.429. The van der Waals surface area contributed by atoms with Gasteiger partial charge in [0.25, 0.3) is 0 Å². The summed E-state index contributed by atoms with van der Waals surface area (Å²) in [5, 5.41) is 9.77. The van der Waals surface area contributed by atoms with Crippen molar-refractivity contribution in [2.75, 3.05) is 11.4 Å². The summed E-state index contributed by atoms with van der Waals surface area (Å²) in [5.74, 6) is 0.434. The van der Waals surface area contributed by atoms with Gasteiger partial charge in [-0.25, -0.2) is 0 Å². The molecule has 0 spiro atoms. The van der Waals surface area contributed by atoms with Crippen LogP contribution in [0.2, 0.25) is 0 Å². The molecule has 2 aromatic rings. The highest BCUT2D eigenvalue weighted by molar-refractivity contribution is 7.18. The zero-order valence-electron chi connectivity index (χ0n) is 11.9. The molecule has 2 aromatic heterocycles. The van der Waals surface area contributed by atoms with E-state index in [-0.39, 0.29) is 5.91 Å². The Morgan fingerprint density at radius 3 is 2.60 bits per heavy atom. The Bertz CT molecular complexity index is 568. The molecule has 0 saturated heterocycles. The maximum atomic E-state index is 12.2. The van der Waals surface area contributed by atoms with Crippen molar-refractivity contribution in [2.45, 2.75) is 27.2 Å².